The molecule has 1 rings (SSSR count). The third-order valence-electron chi connectivity index (χ3n) is 3.08. The van der Waals surface area contributed by atoms with E-state index in [4.69, 9.17) is 0 Å². The van der Waals surface area contributed by atoms with E-state index < -0.39 is 0 Å². The van der Waals surface area contributed by atoms with Gasteiger partial charge in [-0.1, -0.05) is 26.7 Å². The Morgan fingerprint density at radius 1 is 1.41 bits per heavy atom. The maximum atomic E-state index is 12.0. The quantitative estimate of drug-likeness (QED) is 0.905. The first-order valence-electron chi connectivity index (χ1n) is 5.99. The third-order valence-corrected chi connectivity index (χ3v) is 3.52. The number of nitrogens with zero attached hydrogens (tertiary/aromatic N) is 1. The lowest BCUT2D eigenvalue weighted by Crippen LogP contribution is -2.37. The van der Waals surface area contributed by atoms with E-state index in [0.717, 1.165) is 17.3 Å². The number of carbonyl (C=O) groups excluding carboxylic acids is 1. The molecule has 1 atom stereocenters. The molecule has 0 aliphatic carbocycles. The molecule has 17 heavy (non-hydrogen) atoms. The fourth-order valence-electron chi connectivity index (χ4n) is 1.94. The van der Waals surface area contributed by atoms with Gasteiger partial charge in [-0.3, -0.25) is 9.78 Å². The van der Waals surface area contributed by atoms with Crippen molar-refractivity contribution < 1.29 is 4.79 Å². The summed E-state index contributed by atoms with van der Waals surface area (Å²) in [5.41, 5.74) is 0.595. The predicted molar refractivity (Wildman–Crippen MR) is 72.9 cm³/mol. The second kappa shape index (κ2) is 6.74. The van der Waals surface area contributed by atoms with Gasteiger partial charge in [-0.05, 0) is 34.8 Å². The van der Waals surface area contributed by atoms with E-state index in [0.29, 0.717) is 11.5 Å². The Balaban J connectivity index is 2.66. The topological polar surface area (TPSA) is 42.0 Å². The first kappa shape index (κ1) is 14.2. The summed E-state index contributed by atoms with van der Waals surface area (Å²) in [6, 6.07) is 1.97. The Morgan fingerprint density at radius 2 is 2.06 bits per heavy atom. The van der Waals surface area contributed by atoms with Crippen LogP contribution in [0, 0.1) is 5.92 Å². The fourth-order valence-corrected chi connectivity index (χ4v) is 2.30. The van der Waals surface area contributed by atoms with Crippen molar-refractivity contribution in [3.8, 4) is 0 Å². The van der Waals surface area contributed by atoms with E-state index in [9.17, 15) is 4.79 Å². The van der Waals surface area contributed by atoms with E-state index in [1.54, 1.807) is 18.5 Å². The van der Waals surface area contributed by atoms with Crippen LogP contribution in [-0.2, 0) is 0 Å². The van der Waals surface area contributed by atoms with Gasteiger partial charge in [0.25, 0.3) is 5.91 Å². The molecule has 0 aliphatic heterocycles. The Labute approximate surface area is 111 Å². The van der Waals surface area contributed by atoms with Crippen LogP contribution in [0.15, 0.2) is 22.9 Å². The highest BCUT2D eigenvalue weighted by molar-refractivity contribution is 9.10. The average molecular weight is 299 g/mol. The monoisotopic (exact) mass is 298 g/mol. The van der Waals surface area contributed by atoms with Crippen LogP contribution in [0.2, 0.25) is 0 Å². The molecule has 0 aliphatic rings. The van der Waals surface area contributed by atoms with Gasteiger partial charge in [0.1, 0.15) is 0 Å². The van der Waals surface area contributed by atoms with Gasteiger partial charge in [-0.2, -0.15) is 0 Å². The number of halogens is 1. The van der Waals surface area contributed by atoms with Gasteiger partial charge in [-0.25, -0.2) is 0 Å². The fraction of sp³-hybridized carbons (Fsp3) is 0.538. The first-order chi connectivity index (χ1) is 8.08. The molecule has 1 aromatic heterocycles. The summed E-state index contributed by atoms with van der Waals surface area (Å²) >= 11 is 3.31. The van der Waals surface area contributed by atoms with E-state index in [2.05, 4.69) is 47.0 Å². The lowest BCUT2D eigenvalue weighted by Gasteiger charge is -2.22. The minimum atomic E-state index is -0.0572. The molecule has 1 aromatic rings. The number of carbonyl (C=O) groups is 1. The summed E-state index contributed by atoms with van der Waals surface area (Å²) in [5.74, 6) is 0.470. The Kier molecular flexibility index (Phi) is 5.62. The molecule has 1 amide bonds. The second-order valence-electron chi connectivity index (χ2n) is 4.23. The minimum Gasteiger partial charge on any atom is -0.349 e. The van der Waals surface area contributed by atoms with Crippen molar-refractivity contribution in [3.05, 3.63) is 28.5 Å². The van der Waals surface area contributed by atoms with Gasteiger partial charge in [0.15, 0.2) is 0 Å². The molecule has 1 unspecified atom stereocenters. The molecule has 0 radical (unpaired) electrons. The van der Waals surface area contributed by atoms with Crippen molar-refractivity contribution in [1.82, 2.24) is 10.3 Å². The van der Waals surface area contributed by atoms with Gasteiger partial charge < -0.3 is 5.32 Å². The van der Waals surface area contributed by atoms with Gasteiger partial charge in [0.2, 0.25) is 0 Å². The van der Waals surface area contributed by atoms with Crippen LogP contribution in [0.5, 0.6) is 0 Å². The number of nitrogens with one attached hydrogen (secondary N) is 1. The maximum absolute atomic E-state index is 12.0. The van der Waals surface area contributed by atoms with Crippen molar-refractivity contribution in [2.75, 3.05) is 0 Å². The molecule has 1 heterocycles. The normalized spacial score (nSPS) is 12.5. The average Bonchev–Trinajstić information content (AvgIpc) is 2.30. The van der Waals surface area contributed by atoms with Gasteiger partial charge in [-0.15, -0.1) is 0 Å². The van der Waals surface area contributed by atoms with E-state index in [-0.39, 0.29) is 11.9 Å². The van der Waals surface area contributed by atoms with Crippen LogP contribution in [0.3, 0.4) is 0 Å². The van der Waals surface area contributed by atoms with Crippen LogP contribution in [0.4, 0.5) is 0 Å². The van der Waals surface area contributed by atoms with Gasteiger partial charge >= 0.3 is 0 Å². The molecule has 0 spiro atoms. The Morgan fingerprint density at radius 3 is 2.59 bits per heavy atom. The molecule has 94 valence electrons. The van der Waals surface area contributed by atoms with E-state index in [1.807, 2.05) is 0 Å². The zero-order valence-corrected chi connectivity index (χ0v) is 12.1. The Bertz CT molecular complexity index is 377. The molecule has 0 saturated heterocycles. The van der Waals surface area contributed by atoms with Crippen LogP contribution in [0.1, 0.15) is 44.0 Å². The van der Waals surface area contributed by atoms with Crippen molar-refractivity contribution in [3.63, 3.8) is 0 Å². The highest BCUT2D eigenvalue weighted by Gasteiger charge is 2.16. The summed E-state index contributed by atoms with van der Waals surface area (Å²) in [5, 5.41) is 3.03. The summed E-state index contributed by atoms with van der Waals surface area (Å²) in [6.07, 6.45) is 5.41. The van der Waals surface area contributed by atoms with Crippen molar-refractivity contribution in [2.45, 2.75) is 39.7 Å². The Hall–Kier alpha value is -0.900. The third kappa shape index (κ3) is 4.11. The standard InChI is InChI=1S/C13H19BrN2O/c1-4-10(5-2)9(3)16-13(17)11-6-12(14)8-15-7-11/h6-10H,4-5H2,1-3H3,(H,16,17). The summed E-state index contributed by atoms with van der Waals surface area (Å²) in [6.45, 7) is 6.36. The van der Waals surface area contributed by atoms with Crippen molar-refractivity contribution in [1.29, 1.82) is 0 Å². The predicted octanol–water partition coefficient (Wildman–Crippen LogP) is 3.40. The molecule has 0 saturated carbocycles. The lowest BCUT2D eigenvalue weighted by atomic mass is 9.95. The van der Waals surface area contributed by atoms with Crippen LogP contribution in [0.25, 0.3) is 0 Å². The molecule has 0 bridgehead atoms. The summed E-state index contributed by atoms with van der Waals surface area (Å²) < 4.78 is 0.820. The molecule has 4 heteroatoms. The number of hydrogen-bond acceptors (Lipinski definition) is 2. The zero-order valence-electron chi connectivity index (χ0n) is 10.5. The van der Waals surface area contributed by atoms with E-state index >= 15 is 0 Å². The SMILES string of the molecule is CCC(CC)C(C)NC(=O)c1cncc(Br)c1. The highest BCUT2D eigenvalue weighted by Crippen LogP contribution is 2.14. The smallest absolute Gasteiger partial charge is 0.253 e. The lowest BCUT2D eigenvalue weighted by molar-refractivity contribution is 0.0925. The molecule has 0 fully saturated rings. The number of hydrogen-bond donors (Lipinski definition) is 1. The first-order valence-corrected chi connectivity index (χ1v) is 6.79. The second-order valence-corrected chi connectivity index (χ2v) is 5.15. The molecular formula is C13H19BrN2O. The van der Waals surface area contributed by atoms with Crippen LogP contribution >= 0.6 is 15.9 Å². The minimum absolute atomic E-state index is 0.0572. The number of amides is 1. The maximum Gasteiger partial charge on any atom is 0.253 e. The van der Waals surface area contributed by atoms with E-state index in [1.165, 1.54) is 0 Å². The highest BCUT2D eigenvalue weighted by atomic mass is 79.9. The van der Waals surface area contributed by atoms with Gasteiger partial charge in [0, 0.05) is 22.9 Å². The summed E-state index contributed by atoms with van der Waals surface area (Å²) in [4.78, 5) is 16.0. The van der Waals surface area contributed by atoms with Crippen molar-refractivity contribution >= 4 is 21.8 Å². The van der Waals surface area contributed by atoms with Crippen LogP contribution < -0.4 is 5.32 Å². The summed E-state index contributed by atoms with van der Waals surface area (Å²) in [7, 11) is 0. The molecule has 0 aromatic carbocycles. The number of aromatic nitrogens is 1. The molecule has 3 nitrogen and oxygen atoms in total. The zero-order chi connectivity index (χ0) is 12.8. The largest absolute Gasteiger partial charge is 0.349 e. The number of pyridine rings is 1. The number of rotatable bonds is 5. The molecule has 1 N–H and O–H groups in total. The van der Waals surface area contributed by atoms with Crippen molar-refractivity contribution in [2.24, 2.45) is 5.92 Å². The molecular weight excluding hydrogens is 280 g/mol. The van der Waals surface area contributed by atoms with Gasteiger partial charge in [0.05, 0.1) is 5.56 Å². The van der Waals surface area contributed by atoms with Crippen LogP contribution in [-0.4, -0.2) is 16.9 Å².